The molecule has 1 aromatic rings. The summed E-state index contributed by atoms with van der Waals surface area (Å²) in [5, 5.41) is 0. The highest BCUT2D eigenvalue weighted by Crippen LogP contribution is 2.18. The zero-order chi connectivity index (χ0) is 8.81. The van der Waals surface area contributed by atoms with E-state index < -0.39 is 0 Å². The van der Waals surface area contributed by atoms with E-state index in [0.717, 1.165) is 12.2 Å². The molecule has 0 amide bonds. The van der Waals surface area contributed by atoms with Crippen molar-refractivity contribution in [1.82, 2.24) is 0 Å². The Morgan fingerprint density at radius 3 is 2.58 bits per heavy atom. The molecular weight excluding hydrogens is 164 g/mol. The number of thioether (sulfide) groups is 1. The molecule has 0 aromatic heterocycles. The van der Waals surface area contributed by atoms with Crippen LogP contribution in [0.15, 0.2) is 29.2 Å². The third-order valence-electron chi connectivity index (χ3n) is 1.54. The molecular formula is C11H12S. The molecule has 1 aromatic carbocycles. The zero-order valence-corrected chi connectivity index (χ0v) is 8.03. The van der Waals surface area contributed by atoms with E-state index in [4.69, 9.17) is 6.42 Å². The molecule has 1 rings (SSSR count). The minimum Gasteiger partial charge on any atom is -0.125 e. The first-order valence-electron chi connectivity index (χ1n) is 3.96. The van der Waals surface area contributed by atoms with E-state index in [2.05, 4.69) is 37.1 Å². The molecule has 0 saturated carbocycles. The highest BCUT2D eigenvalue weighted by Gasteiger charge is 1.91. The van der Waals surface area contributed by atoms with Gasteiger partial charge in [-0.05, 0) is 19.1 Å². The molecule has 62 valence electrons. The van der Waals surface area contributed by atoms with Gasteiger partial charge >= 0.3 is 0 Å². The van der Waals surface area contributed by atoms with Crippen LogP contribution >= 0.6 is 11.8 Å². The quantitative estimate of drug-likeness (QED) is 0.387. The summed E-state index contributed by atoms with van der Waals surface area (Å²) in [6.45, 7) is 2.09. The Balaban J connectivity index is 2.43. The summed E-state index contributed by atoms with van der Waals surface area (Å²) >= 11 is 1.81. The van der Waals surface area contributed by atoms with Crippen LogP contribution in [0.25, 0.3) is 0 Å². The molecule has 0 radical (unpaired) electrons. The minimum absolute atomic E-state index is 0.846. The van der Waals surface area contributed by atoms with E-state index in [0.29, 0.717) is 0 Å². The lowest BCUT2D eigenvalue weighted by Crippen LogP contribution is -1.77. The predicted molar refractivity (Wildman–Crippen MR) is 55.4 cm³/mol. The van der Waals surface area contributed by atoms with Crippen LogP contribution in [-0.2, 0) is 0 Å². The van der Waals surface area contributed by atoms with Gasteiger partial charge in [-0.25, -0.2) is 0 Å². The van der Waals surface area contributed by atoms with Crippen molar-refractivity contribution in [2.75, 3.05) is 5.75 Å². The van der Waals surface area contributed by atoms with Gasteiger partial charge in [0.2, 0.25) is 0 Å². The lowest BCUT2D eigenvalue weighted by Gasteiger charge is -1.98. The summed E-state index contributed by atoms with van der Waals surface area (Å²) < 4.78 is 0. The smallest absolute Gasteiger partial charge is 0.0180 e. The molecule has 0 atom stereocenters. The summed E-state index contributed by atoms with van der Waals surface area (Å²) in [6.07, 6.45) is 6.00. The monoisotopic (exact) mass is 176 g/mol. The van der Waals surface area contributed by atoms with E-state index in [-0.39, 0.29) is 0 Å². The molecule has 0 aliphatic rings. The molecule has 12 heavy (non-hydrogen) atoms. The first-order valence-corrected chi connectivity index (χ1v) is 4.94. The van der Waals surface area contributed by atoms with Crippen LogP contribution in [0.3, 0.4) is 0 Å². The lowest BCUT2D eigenvalue weighted by atomic mass is 10.2. The van der Waals surface area contributed by atoms with Crippen molar-refractivity contribution in [3.8, 4) is 12.3 Å². The van der Waals surface area contributed by atoms with Crippen LogP contribution in [0.1, 0.15) is 12.0 Å². The number of hydrogen-bond donors (Lipinski definition) is 0. The molecule has 0 bridgehead atoms. The van der Waals surface area contributed by atoms with Gasteiger partial charge < -0.3 is 0 Å². The van der Waals surface area contributed by atoms with Crippen LogP contribution in [0.5, 0.6) is 0 Å². The predicted octanol–water partition coefficient (Wildman–Crippen LogP) is 3.11. The second kappa shape index (κ2) is 4.90. The standard InChI is InChI=1S/C11H12S/c1-3-4-9-12-11-7-5-10(2)6-8-11/h1,5-8H,4,9H2,2H3. The highest BCUT2D eigenvalue weighted by molar-refractivity contribution is 7.99. The zero-order valence-electron chi connectivity index (χ0n) is 7.21. The van der Waals surface area contributed by atoms with E-state index >= 15 is 0 Å². The molecule has 0 aliphatic carbocycles. The van der Waals surface area contributed by atoms with Crippen LogP contribution in [0.2, 0.25) is 0 Å². The normalized spacial score (nSPS) is 9.33. The fraction of sp³-hybridized carbons (Fsp3) is 0.273. The van der Waals surface area contributed by atoms with E-state index in [9.17, 15) is 0 Å². The van der Waals surface area contributed by atoms with Gasteiger partial charge in [-0.3, -0.25) is 0 Å². The van der Waals surface area contributed by atoms with Gasteiger partial charge in [0.05, 0.1) is 0 Å². The molecule has 0 saturated heterocycles. The largest absolute Gasteiger partial charge is 0.125 e. The number of rotatable bonds is 3. The SMILES string of the molecule is C#CCCSc1ccc(C)cc1. The molecule has 0 unspecified atom stereocenters. The van der Waals surface area contributed by atoms with Crippen molar-refractivity contribution >= 4 is 11.8 Å². The first-order chi connectivity index (χ1) is 5.83. The maximum atomic E-state index is 5.15. The summed E-state index contributed by atoms with van der Waals surface area (Å²) in [4.78, 5) is 1.30. The third kappa shape index (κ3) is 3.02. The molecule has 0 aliphatic heterocycles. The van der Waals surface area contributed by atoms with E-state index in [1.807, 2.05) is 11.8 Å². The van der Waals surface area contributed by atoms with Crippen molar-refractivity contribution in [2.45, 2.75) is 18.2 Å². The summed E-state index contributed by atoms with van der Waals surface area (Å²) in [5.74, 6) is 3.64. The highest BCUT2D eigenvalue weighted by atomic mass is 32.2. The van der Waals surface area contributed by atoms with Crippen molar-refractivity contribution in [2.24, 2.45) is 0 Å². The van der Waals surface area contributed by atoms with Gasteiger partial charge in [0, 0.05) is 17.1 Å². The first kappa shape index (κ1) is 9.22. The average Bonchev–Trinajstić information content (AvgIpc) is 2.09. The van der Waals surface area contributed by atoms with Crippen LogP contribution in [-0.4, -0.2) is 5.75 Å². The summed E-state index contributed by atoms with van der Waals surface area (Å²) in [6, 6.07) is 8.52. The van der Waals surface area contributed by atoms with Crippen LogP contribution < -0.4 is 0 Å². The van der Waals surface area contributed by atoms with E-state index in [1.54, 1.807) is 0 Å². The molecule has 0 nitrogen and oxygen atoms in total. The Labute approximate surface area is 78.4 Å². The van der Waals surface area contributed by atoms with Crippen LogP contribution in [0.4, 0.5) is 0 Å². The van der Waals surface area contributed by atoms with Gasteiger partial charge in [-0.1, -0.05) is 17.7 Å². The summed E-state index contributed by atoms with van der Waals surface area (Å²) in [7, 11) is 0. The number of hydrogen-bond acceptors (Lipinski definition) is 1. The Morgan fingerprint density at radius 1 is 1.33 bits per heavy atom. The molecule has 0 fully saturated rings. The Kier molecular flexibility index (Phi) is 3.76. The number of benzene rings is 1. The Hall–Kier alpha value is -0.870. The number of aryl methyl sites for hydroxylation is 1. The van der Waals surface area contributed by atoms with Gasteiger partial charge in [0.25, 0.3) is 0 Å². The van der Waals surface area contributed by atoms with Gasteiger partial charge in [0.15, 0.2) is 0 Å². The van der Waals surface area contributed by atoms with Crippen molar-refractivity contribution in [3.63, 3.8) is 0 Å². The number of terminal acetylenes is 1. The molecule has 0 N–H and O–H groups in total. The second-order valence-corrected chi connectivity index (χ2v) is 3.78. The third-order valence-corrected chi connectivity index (χ3v) is 2.55. The molecule has 0 heterocycles. The maximum Gasteiger partial charge on any atom is 0.0180 e. The molecule has 1 heteroatoms. The maximum absolute atomic E-state index is 5.15. The van der Waals surface area contributed by atoms with Gasteiger partial charge in [-0.2, -0.15) is 0 Å². The van der Waals surface area contributed by atoms with E-state index in [1.165, 1.54) is 10.5 Å². The average molecular weight is 176 g/mol. The Morgan fingerprint density at radius 2 is 2.00 bits per heavy atom. The molecule has 0 spiro atoms. The van der Waals surface area contributed by atoms with Crippen molar-refractivity contribution < 1.29 is 0 Å². The Bertz CT molecular complexity index is 266. The summed E-state index contributed by atoms with van der Waals surface area (Å²) in [5.41, 5.74) is 1.30. The van der Waals surface area contributed by atoms with Crippen molar-refractivity contribution in [1.29, 1.82) is 0 Å². The van der Waals surface area contributed by atoms with Gasteiger partial charge in [-0.15, -0.1) is 24.1 Å². The van der Waals surface area contributed by atoms with Crippen LogP contribution in [0, 0.1) is 19.3 Å². The fourth-order valence-electron chi connectivity index (χ4n) is 0.862. The van der Waals surface area contributed by atoms with Gasteiger partial charge in [0.1, 0.15) is 0 Å². The second-order valence-electron chi connectivity index (χ2n) is 2.62. The minimum atomic E-state index is 0.846. The fourth-order valence-corrected chi connectivity index (χ4v) is 1.65. The topological polar surface area (TPSA) is 0 Å². The van der Waals surface area contributed by atoms with Crippen molar-refractivity contribution in [3.05, 3.63) is 29.8 Å². The lowest BCUT2D eigenvalue weighted by molar-refractivity contribution is 1.29.